The first kappa shape index (κ1) is 61.3. The molecule has 382 valence electrons. The molecule has 0 spiro atoms. The highest BCUT2D eigenvalue weighted by Crippen LogP contribution is 2.43. The SMILES string of the molecule is CCCCC[C@H](O)/C=C/[C@H]1C(=O)C[C@H](O)[C@@H]1CCCCCCC(=O)OC[C@H](COP(=O)(O)OC[C@@H](O)CO)OC(=O)CCCCCCCCCCCCCCCCCCCCC(C)CC. The van der Waals surface area contributed by atoms with Crippen molar-refractivity contribution in [3.05, 3.63) is 12.2 Å². The van der Waals surface area contributed by atoms with Crippen LogP contribution in [0.25, 0.3) is 0 Å². The largest absolute Gasteiger partial charge is 0.472 e. The summed E-state index contributed by atoms with van der Waals surface area (Å²) < 4.78 is 32.9. The Bertz CT molecular complexity index is 1260. The molecular weight excluding hydrogens is 852 g/mol. The van der Waals surface area contributed by atoms with Crippen molar-refractivity contribution in [2.24, 2.45) is 17.8 Å². The highest BCUT2D eigenvalue weighted by molar-refractivity contribution is 7.47. The van der Waals surface area contributed by atoms with E-state index in [4.69, 9.17) is 23.6 Å². The molecule has 0 radical (unpaired) electrons. The lowest BCUT2D eigenvalue weighted by molar-refractivity contribution is -0.161. The zero-order chi connectivity index (χ0) is 48.0. The summed E-state index contributed by atoms with van der Waals surface area (Å²) >= 11 is 0. The van der Waals surface area contributed by atoms with Gasteiger partial charge in [0, 0.05) is 25.2 Å². The predicted molar refractivity (Wildman–Crippen MR) is 257 cm³/mol. The van der Waals surface area contributed by atoms with Crippen molar-refractivity contribution < 1.29 is 62.8 Å². The Morgan fingerprint density at radius 1 is 0.692 bits per heavy atom. The Morgan fingerprint density at radius 3 is 1.72 bits per heavy atom. The molecule has 5 N–H and O–H groups in total. The van der Waals surface area contributed by atoms with Crippen LogP contribution in [-0.4, -0.2) is 93.9 Å². The fraction of sp³-hybridized carbons (Fsp3) is 0.902. The molecule has 0 bridgehead atoms. The fourth-order valence-corrected chi connectivity index (χ4v) is 9.20. The third-order valence-corrected chi connectivity index (χ3v) is 13.8. The zero-order valence-corrected chi connectivity index (χ0v) is 42.0. The number of phosphoric ester groups is 1. The van der Waals surface area contributed by atoms with E-state index in [9.17, 15) is 39.2 Å². The van der Waals surface area contributed by atoms with Crippen LogP contribution in [0.4, 0.5) is 0 Å². The van der Waals surface area contributed by atoms with Gasteiger partial charge < -0.3 is 34.8 Å². The molecule has 65 heavy (non-hydrogen) atoms. The van der Waals surface area contributed by atoms with Gasteiger partial charge in [0.05, 0.1) is 32.0 Å². The Labute approximate surface area is 394 Å². The maximum atomic E-state index is 12.7. The molecule has 1 aliphatic rings. The van der Waals surface area contributed by atoms with E-state index in [1.807, 2.05) is 0 Å². The van der Waals surface area contributed by atoms with Gasteiger partial charge in [-0.3, -0.25) is 23.4 Å². The van der Waals surface area contributed by atoms with Crippen molar-refractivity contribution in [2.75, 3.05) is 26.4 Å². The monoisotopic (exact) mass is 947 g/mol. The van der Waals surface area contributed by atoms with Crippen molar-refractivity contribution >= 4 is 25.5 Å². The maximum absolute atomic E-state index is 12.7. The first-order valence-electron chi connectivity index (χ1n) is 26.1. The molecule has 0 aliphatic heterocycles. The molecule has 1 rings (SSSR count). The first-order valence-corrected chi connectivity index (χ1v) is 27.6. The van der Waals surface area contributed by atoms with Crippen molar-refractivity contribution in [3.63, 3.8) is 0 Å². The van der Waals surface area contributed by atoms with Crippen molar-refractivity contribution in [1.82, 2.24) is 0 Å². The van der Waals surface area contributed by atoms with Gasteiger partial charge in [0.25, 0.3) is 0 Å². The number of unbranched alkanes of at least 4 members (excludes halogenated alkanes) is 22. The third kappa shape index (κ3) is 34.3. The van der Waals surface area contributed by atoms with Crippen LogP contribution in [0.15, 0.2) is 12.2 Å². The molecular formula is C51H95O13P. The van der Waals surface area contributed by atoms with Gasteiger partial charge >= 0.3 is 19.8 Å². The Morgan fingerprint density at radius 2 is 1.18 bits per heavy atom. The summed E-state index contributed by atoms with van der Waals surface area (Å²) in [6, 6.07) is 0. The van der Waals surface area contributed by atoms with Gasteiger partial charge in [-0.05, 0) is 37.5 Å². The van der Waals surface area contributed by atoms with Gasteiger partial charge in [0.15, 0.2) is 6.10 Å². The standard InChI is InChI=1S/C51H95O13P/c1-4-6-25-31-43(53)35-36-47-46(48(55)37-49(47)56)32-27-23-24-28-33-50(57)61-40-45(41-63-65(59,60)62-39-44(54)38-52)64-51(58)34-29-22-20-18-16-14-12-10-8-7-9-11-13-15-17-19-21-26-30-42(3)5-2/h35-36,42-48,52-55H,4-34,37-41H2,1-3H3,(H,59,60)/b36-35+/t42?,43-,44-,45+,46+,47+,48-/m0/s1. The third-order valence-electron chi connectivity index (χ3n) is 12.9. The number of carbonyl (C=O) groups excluding carboxylic acids is 3. The van der Waals surface area contributed by atoms with Crippen molar-refractivity contribution in [3.8, 4) is 0 Å². The van der Waals surface area contributed by atoms with Crippen molar-refractivity contribution in [2.45, 2.75) is 251 Å². The number of ether oxygens (including phenoxy) is 2. The summed E-state index contributed by atoms with van der Waals surface area (Å²) in [7, 11) is -4.68. The zero-order valence-electron chi connectivity index (χ0n) is 41.1. The number of rotatable bonds is 45. The quantitative estimate of drug-likeness (QED) is 0.0167. The summed E-state index contributed by atoms with van der Waals surface area (Å²) in [6.45, 7) is 4.44. The van der Waals surface area contributed by atoms with Crippen LogP contribution in [-0.2, 0) is 37.5 Å². The van der Waals surface area contributed by atoms with E-state index in [2.05, 4.69) is 20.8 Å². The number of hydrogen-bond donors (Lipinski definition) is 5. The highest BCUT2D eigenvalue weighted by Gasteiger charge is 2.39. The summed E-state index contributed by atoms with van der Waals surface area (Å²) in [5, 5.41) is 39.2. The number of aliphatic hydroxyl groups excluding tert-OH is 4. The first-order chi connectivity index (χ1) is 31.3. The molecule has 1 fully saturated rings. The Hall–Kier alpha value is -1.70. The minimum absolute atomic E-state index is 0.00706. The summed E-state index contributed by atoms with van der Waals surface area (Å²) in [6.07, 6.45) is 32.2. The second kappa shape index (κ2) is 40.2. The molecule has 14 heteroatoms. The second-order valence-corrected chi connectivity index (χ2v) is 20.4. The highest BCUT2D eigenvalue weighted by atomic mass is 31.2. The smallest absolute Gasteiger partial charge is 0.462 e. The van der Waals surface area contributed by atoms with Gasteiger partial charge in [-0.1, -0.05) is 193 Å². The molecule has 0 aromatic rings. The van der Waals surface area contributed by atoms with Gasteiger partial charge in [0.2, 0.25) is 0 Å². The molecule has 0 heterocycles. The molecule has 0 saturated heterocycles. The average Bonchev–Trinajstić information content (AvgIpc) is 3.56. The summed E-state index contributed by atoms with van der Waals surface area (Å²) in [4.78, 5) is 47.9. The summed E-state index contributed by atoms with van der Waals surface area (Å²) in [5.74, 6) is -0.797. The van der Waals surface area contributed by atoms with E-state index >= 15 is 0 Å². The van der Waals surface area contributed by atoms with Crippen molar-refractivity contribution in [1.29, 1.82) is 0 Å². The maximum Gasteiger partial charge on any atom is 0.472 e. The number of aliphatic hydroxyl groups is 4. The molecule has 0 aromatic carbocycles. The molecule has 1 saturated carbocycles. The topological polar surface area (TPSA) is 206 Å². The lowest BCUT2D eigenvalue weighted by Crippen LogP contribution is -2.29. The minimum Gasteiger partial charge on any atom is -0.462 e. The normalized spacial score (nSPS) is 19.3. The minimum atomic E-state index is -4.68. The van der Waals surface area contributed by atoms with E-state index in [0.717, 1.165) is 57.3 Å². The molecule has 2 unspecified atom stereocenters. The number of Topliss-reactive ketones (excluding diaryl/α,β-unsaturated/α-hetero) is 1. The van der Waals surface area contributed by atoms with Crippen LogP contribution in [0, 0.1) is 17.8 Å². The Balaban J connectivity index is 2.31. The lowest BCUT2D eigenvalue weighted by Gasteiger charge is -2.20. The van der Waals surface area contributed by atoms with Crippen LogP contribution in [0.3, 0.4) is 0 Å². The van der Waals surface area contributed by atoms with Crippen LogP contribution in [0.5, 0.6) is 0 Å². The molecule has 1 aliphatic carbocycles. The Kier molecular flexibility index (Phi) is 37.9. The molecule has 13 nitrogen and oxygen atoms in total. The summed E-state index contributed by atoms with van der Waals surface area (Å²) in [5.41, 5.74) is 0. The van der Waals surface area contributed by atoms with E-state index in [1.54, 1.807) is 12.2 Å². The van der Waals surface area contributed by atoms with Crippen LogP contribution < -0.4 is 0 Å². The predicted octanol–water partition coefficient (Wildman–Crippen LogP) is 11.2. The number of carbonyl (C=O) groups is 3. The lowest BCUT2D eigenvalue weighted by atomic mass is 9.88. The number of phosphoric acid groups is 1. The van der Waals surface area contributed by atoms with Crippen LogP contribution in [0.1, 0.15) is 226 Å². The van der Waals surface area contributed by atoms with E-state index in [1.165, 1.54) is 103 Å². The van der Waals surface area contributed by atoms with Crippen LogP contribution >= 0.6 is 7.82 Å². The average molecular weight is 947 g/mol. The van der Waals surface area contributed by atoms with E-state index in [-0.39, 0.29) is 31.0 Å². The van der Waals surface area contributed by atoms with Gasteiger partial charge in [-0.2, -0.15) is 0 Å². The van der Waals surface area contributed by atoms with Gasteiger partial charge in [-0.25, -0.2) is 4.57 Å². The molecule has 0 aromatic heterocycles. The van der Waals surface area contributed by atoms with E-state index < -0.39 is 76.5 Å². The number of allylic oxidation sites excluding steroid dienone is 1. The van der Waals surface area contributed by atoms with Crippen LogP contribution in [0.2, 0.25) is 0 Å². The molecule has 8 atom stereocenters. The number of hydrogen-bond acceptors (Lipinski definition) is 12. The van der Waals surface area contributed by atoms with Gasteiger partial charge in [-0.15, -0.1) is 0 Å². The second-order valence-electron chi connectivity index (χ2n) is 18.9. The molecule has 0 amide bonds. The van der Waals surface area contributed by atoms with Gasteiger partial charge in [0.1, 0.15) is 18.5 Å². The van der Waals surface area contributed by atoms with E-state index in [0.29, 0.717) is 32.1 Å². The number of esters is 2. The number of ketones is 1. The fourth-order valence-electron chi connectivity index (χ4n) is 8.41.